The Morgan fingerprint density at radius 3 is 1.57 bits per heavy atom. The highest BCUT2D eigenvalue weighted by atomic mass is 35.5. The Labute approximate surface area is 184 Å². The number of hydrogen-bond acceptors (Lipinski definition) is 4. The number of aromatic nitrogens is 3. The van der Waals surface area contributed by atoms with Gasteiger partial charge in [0.05, 0.1) is 0 Å². The summed E-state index contributed by atoms with van der Waals surface area (Å²) >= 11 is 14.0. The normalized spacial score (nSPS) is 11.5. The Balaban J connectivity index is 2.25. The van der Waals surface area contributed by atoms with E-state index in [1.165, 1.54) is 47.5 Å². The molecule has 28 heavy (non-hydrogen) atoms. The maximum Gasteiger partial charge on any atom is 0.227 e. The molecule has 4 rings (SSSR count). The predicted octanol–water partition coefficient (Wildman–Crippen LogP) is -6.98. The van der Waals surface area contributed by atoms with Crippen LogP contribution in [0.5, 0.6) is 0 Å². The molecule has 13 heteroatoms. The van der Waals surface area contributed by atoms with E-state index in [2.05, 4.69) is 69.9 Å². The topological polar surface area (TPSA) is 38.7 Å². The number of fused-ring (bicyclic) bond motifs is 3. The van der Waals surface area contributed by atoms with Gasteiger partial charge in [0, 0.05) is 15.0 Å². The van der Waals surface area contributed by atoms with Gasteiger partial charge in [-0.1, -0.05) is 27.3 Å². The van der Waals surface area contributed by atoms with E-state index in [4.69, 9.17) is 23.2 Å². The van der Waals surface area contributed by atoms with Crippen molar-refractivity contribution in [3.8, 4) is 11.4 Å². The second-order valence-corrected chi connectivity index (χ2v) is 9.15. The Hall–Kier alpha value is -1.30. The van der Waals surface area contributed by atoms with Gasteiger partial charge in [0.1, 0.15) is 54.9 Å². The average Bonchev–Trinajstić information content (AvgIpc) is 3.03. The van der Waals surface area contributed by atoms with Gasteiger partial charge in [0.15, 0.2) is 5.82 Å². The largest absolute Gasteiger partial charge is 0.227 e. The maximum atomic E-state index is 6.08. The van der Waals surface area contributed by atoms with Gasteiger partial charge in [-0.15, -0.1) is 22.3 Å². The van der Waals surface area contributed by atoms with Crippen LogP contribution in [0.4, 0.5) is 0 Å². The third-order valence-electron chi connectivity index (χ3n) is 6.14. The van der Waals surface area contributed by atoms with E-state index in [0.717, 1.165) is 16.5 Å². The molecule has 0 saturated heterocycles. The number of rotatable bonds is 1. The minimum absolute atomic E-state index is 0.111. The molecule has 3 nitrogen and oxygen atoms in total. The lowest BCUT2D eigenvalue weighted by molar-refractivity contribution is 1.06. The van der Waals surface area contributed by atoms with Gasteiger partial charge in [-0.25, -0.2) is 0 Å². The zero-order valence-electron chi connectivity index (χ0n) is 17.0. The summed E-state index contributed by atoms with van der Waals surface area (Å²) in [5.74, 6) is 0.530. The van der Waals surface area contributed by atoms with E-state index < -0.39 is 0 Å². The van der Waals surface area contributed by atoms with Crippen LogP contribution in [0.25, 0.3) is 31.6 Å². The van der Waals surface area contributed by atoms with E-state index in [9.17, 15) is 0 Å². The molecular formula is C15H14B7Cl2N3S. The van der Waals surface area contributed by atoms with Gasteiger partial charge in [-0.2, -0.15) is 15.0 Å². The second-order valence-electron chi connectivity index (χ2n) is 7.46. The Kier molecular flexibility index (Phi) is 4.92. The molecule has 0 saturated carbocycles. The number of halogens is 2. The number of thiophene rings is 1. The minimum Gasteiger partial charge on any atom is -0.198 e. The summed E-state index contributed by atoms with van der Waals surface area (Å²) in [6.07, 6.45) is 0. The van der Waals surface area contributed by atoms with E-state index in [1.807, 2.05) is 11.3 Å². The lowest BCUT2D eigenvalue weighted by atomic mass is 9.64. The van der Waals surface area contributed by atoms with Crippen molar-refractivity contribution in [3.63, 3.8) is 0 Å². The Morgan fingerprint density at radius 2 is 1.00 bits per heavy atom. The highest BCUT2D eigenvalue weighted by molar-refractivity contribution is 7.28. The molecule has 0 radical (unpaired) electrons. The highest BCUT2D eigenvalue weighted by Gasteiger charge is 2.22. The molecule has 0 bridgehead atoms. The first-order chi connectivity index (χ1) is 13.1. The summed E-state index contributed by atoms with van der Waals surface area (Å²) in [5, 5.41) is 2.85. The zero-order valence-corrected chi connectivity index (χ0v) is 19.3. The molecule has 4 aromatic rings. The fraction of sp³-hybridized carbons (Fsp3) is 0. The summed E-state index contributed by atoms with van der Waals surface area (Å²) < 4.78 is 2.70. The fourth-order valence-electron chi connectivity index (χ4n) is 4.13. The lowest BCUT2D eigenvalue weighted by Gasteiger charge is -2.16. The van der Waals surface area contributed by atoms with Crippen molar-refractivity contribution in [3.05, 3.63) is 10.6 Å². The zero-order chi connectivity index (χ0) is 20.5. The van der Waals surface area contributed by atoms with Crippen molar-refractivity contribution in [1.82, 2.24) is 15.0 Å². The van der Waals surface area contributed by atoms with Gasteiger partial charge in [0.2, 0.25) is 10.6 Å². The van der Waals surface area contributed by atoms with Crippen molar-refractivity contribution in [1.29, 1.82) is 0 Å². The van der Waals surface area contributed by atoms with E-state index in [1.54, 1.807) is 0 Å². The molecule has 130 valence electrons. The quantitative estimate of drug-likeness (QED) is 0.291. The SMILES string of the molecule is Bc1c(B)c(B)c2c(sc3c(B)c(B)c(-c4nc(Cl)nc(Cl)n4)c(B)c32)c1B. The van der Waals surface area contributed by atoms with Crippen LogP contribution in [0.15, 0.2) is 0 Å². The first-order valence-electron chi connectivity index (χ1n) is 9.13. The minimum atomic E-state index is 0.111. The monoisotopic (exact) mass is 415 g/mol. The summed E-state index contributed by atoms with van der Waals surface area (Å²) in [7, 11) is 15.3. The second kappa shape index (κ2) is 6.89. The van der Waals surface area contributed by atoms with Crippen molar-refractivity contribution >= 4 is 148 Å². The lowest BCUT2D eigenvalue weighted by Crippen LogP contribution is -2.47. The molecule has 2 aromatic carbocycles. The summed E-state index contributed by atoms with van der Waals surface area (Å²) in [5.41, 5.74) is 9.99. The molecule has 0 unspecified atom stereocenters. The van der Waals surface area contributed by atoms with Gasteiger partial charge in [-0.3, -0.25) is 0 Å². The molecule has 0 fully saturated rings. The Morgan fingerprint density at radius 1 is 0.536 bits per heavy atom. The molecule has 0 amide bonds. The van der Waals surface area contributed by atoms with Crippen LogP contribution >= 0.6 is 34.5 Å². The molecule has 0 aliphatic rings. The molecular weight excluding hydrogens is 401 g/mol. The summed E-state index contributed by atoms with van der Waals surface area (Å²) in [4.78, 5) is 12.6. The predicted molar refractivity (Wildman–Crippen MR) is 145 cm³/mol. The first-order valence-corrected chi connectivity index (χ1v) is 10.7. The molecule has 0 N–H and O–H groups in total. The van der Waals surface area contributed by atoms with Gasteiger partial charge >= 0.3 is 0 Å². The van der Waals surface area contributed by atoms with Crippen LogP contribution < -0.4 is 38.2 Å². The van der Waals surface area contributed by atoms with Gasteiger partial charge < -0.3 is 0 Å². The molecule has 2 heterocycles. The fourth-order valence-corrected chi connectivity index (χ4v) is 6.03. The standard InChI is InChI=1S/C15H14B7Cl2N3S/c16-4-1-2-5(17)7(19)8(20)10(22)12(2)28-11(1)9(21)6(18)3(4)13-25-14(23)27-15(24)26-13/h16-22H2. The number of benzene rings is 2. The molecule has 0 aliphatic heterocycles. The van der Waals surface area contributed by atoms with Crippen molar-refractivity contribution < 1.29 is 0 Å². The molecule has 0 aliphatic carbocycles. The average molecular weight is 415 g/mol. The third kappa shape index (κ3) is 2.78. The molecule has 2 aromatic heterocycles. The number of nitrogens with zero attached hydrogens (tertiary/aromatic N) is 3. The summed E-state index contributed by atoms with van der Waals surface area (Å²) in [6.45, 7) is 0. The van der Waals surface area contributed by atoms with E-state index in [-0.39, 0.29) is 10.6 Å². The van der Waals surface area contributed by atoms with E-state index in [0.29, 0.717) is 5.82 Å². The first kappa shape index (κ1) is 20.0. The smallest absolute Gasteiger partial charge is 0.198 e. The summed E-state index contributed by atoms with van der Waals surface area (Å²) in [6, 6.07) is 0. The van der Waals surface area contributed by atoms with Crippen molar-refractivity contribution in [2.45, 2.75) is 0 Å². The van der Waals surface area contributed by atoms with Crippen molar-refractivity contribution in [2.24, 2.45) is 0 Å². The van der Waals surface area contributed by atoms with Gasteiger partial charge in [0.25, 0.3) is 0 Å². The van der Waals surface area contributed by atoms with Crippen LogP contribution in [0, 0.1) is 0 Å². The molecule has 0 spiro atoms. The maximum absolute atomic E-state index is 6.08. The van der Waals surface area contributed by atoms with Crippen molar-refractivity contribution in [2.75, 3.05) is 0 Å². The van der Waals surface area contributed by atoms with Crippen LogP contribution in [0.1, 0.15) is 0 Å². The van der Waals surface area contributed by atoms with E-state index >= 15 is 0 Å². The number of hydrogen-bond donors (Lipinski definition) is 0. The van der Waals surface area contributed by atoms with Crippen LogP contribution in [0.3, 0.4) is 0 Å². The third-order valence-corrected chi connectivity index (χ3v) is 7.91. The molecule has 0 atom stereocenters. The highest BCUT2D eigenvalue weighted by Crippen LogP contribution is 2.30. The van der Waals surface area contributed by atoms with Crippen LogP contribution in [-0.2, 0) is 0 Å². The van der Waals surface area contributed by atoms with Gasteiger partial charge in [-0.05, 0) is 34.0 Å². The van der Waals surface area contributed by atoms with Crippen LogP contribution in [0.2, 0.25) is 10.6 Å². The Bertz CT molecular complexity index is 1310. The van der Waals surface area contributed by atoms with Crippen LogP contribution in [-0.4, -0.2) is 69.9 Å².